The molecule has 0 aromatic carbocycles. The maximum Gasteiger partial charge on any atom is 0.193 e. The predicted molar refractivity (Wildman–Crippen MR) is 198 cm³/mol. The van der Waals surface area contributed by atoms with E-state index in [0.29, 0.717) is 11.3 Å². The van der Waals surface area contributed by atoms with E-state index in [4.69, 9.17) is 8.85 Å². The van der Waals surface area contributed by atoms with Crippen molar-refractivity contribution in [2.75, 3.05) is 0 Å². The zero-order valence-electron chi connectivity index (χ0n) is 31.7. The lowest BCUT2D eigenvalue weighted by atomic mass is 9.62. The minimum atomic E-state index is -2.05. The van der Waals surface area contributed by atoms with E-state index in [1.807, 2.05) is 0 Å². The quantitative estimate of drug-likeness (QED) is 0.142. The summed E-state index contributed by atoms with van der Waals surface area (Å²) in [5.41, 5.74) is 5.35. The fourth-order valence-corrected chi connectivity index (χ4v) is 10.2. The molecule has 1 fully saturated rings. The topological polar surface area (TPSA) is 18.5 Å². The highest BCUT2D eigenvalue weighted by Crippen LogP contribution is 2.58. The van der Waals surface area contributed by atoms with Crippen LogP contribution in [0.4, 0.5) is 0 Å². The van der Waals surface area contributed by atoms with E-state index in [-0.39, 0.29) is 22.3 Å². The SMILES string of the molecule is C=C1[C@H](O[Si](C)(C)C(C)(C)C)C(C)=C(C#CC2=CCC[C@]3(C)[C@@H]([C@@H](C)CCCC(C)C)CC[C@@H]23)C[C@H]1O[Si](C)(C)C(C)(C)C. The first kappa shape index (κ1) is 37.6. The highest BCUT2D eigenvalue weighted by Gasteiger charge is 2.50. The van der Waals surface area contributed by atoms with Gasteiger partial charge in [-0.3, -0.25) is 0 Å². The molecule has 0 spiro atoms. The highest BCUT2D eigenvalue weighted by molar-refractivity contribution is 6.74. The van der Waals surface area contributed by atoms with Crippen LogP contribution in [0.1, 0.15) is 128 Å². The third-order valence-electron chi connectivity index (χ3n) is 12.8. The van der Waals surface area contributed by atoms with Crippen molar-refractivity contribution >= 4 is 16.6 Å². The molecule has 0 aromatic rings. The standard InChI is InChI=1S/C40H70O2Si2/c1-28(2)19-17-20-29(3)34-24-25-35-32(21-18-26-40(34,35)12)22-23-33-27-36(41-43(13,14)38(6,7)8)31(5)37(30(33)4)42-44(15,16)39(9,10)11/h21,28-29,34-37H,5,17-20,24-27H2,1-4,6-16H3/t29-,34+,35-,36+,37+,40+/m0/s1. The van der Waals surface area contributed by atoms with Crippen molar-refractivity contribution in [1.82, 2.24) is 0 Å². The first-order chi connectivity index (χ1) is 20.0. The number of rotatable bonds is 9. The molecule has 0 unspecified atom stereocenters. The van der Waals surface area contributed by atoms with Crippen molar-refractivity contribution in [2.24, 2.45) is 29.1 Å². The van der Waals surface area contributed by atoms with Gasteiger partial charge in [0.05, 0.1) is 12.2 Å². The Bertz CT molecular complexity index is 1160. The van der Waals surface area contributed by atoms with Crippen LogP contribution in [-0.4, -0.2) is 28.8 Å². The molecule has 4 heteroatoms. The van der Waals surface area contributed by atoms with Crippen molar-refractivity contribution in [3.05, 3.63) is 34.9 Å². The van der Waals surface area contributed by atoms with Gasteiger partial charge in [0.2, 0.25) is 0 Å². The summed E-state index contributed by atoms with van der Waals surface area (Å²) in [6, 6.07) is 0. The van der Waals surface area contributed by atoms with Crippen LogP contribution in [0.2, 0.25) is 36.3 Å². The summed E-state index contributed by atoms with van der Waals surface area (Å²) in [6.07, 6.45) is 12.3. The summed E-state index contributed by atoms with van der Waals surface area (Å²) < 4.78 is 14.2. The lowest BCUT2D eigenvalue weighted by Crippen LogP contribution is -2.50. The van der Waals surface area contributed by atoms with E-state index < -0.39 is 16.6 Å². The molecule has 3 rings (SSSR count). The fourth-order valence-electron chi connectivity index (χ4n) is 7.60. The van der Waals surface area contributed by atoms with Crippen LogP contribution in [0.15, 0.2) is 34.9 Å². The lowest BCUT2D eigenvalue weighted by molar-refractivity contribution is 0.108. The van der Waals surface area contributed by atoms with Gasteiger partial charge in [-0.15, -0.1) is 0 Å². The maximum atomic E-state index is 7.13. The monoisotopic (exact) mass is 638 g/mol. The third kappa shape index (κ3) is 8.16. The van der Waals surface area contributed by atoms with Crippen molar-refractivity contribution in [3.8, 4) is 11.8 Å². The van der Waals surface area contributed by atoms with Crippen LogP contribution >= 0.6 is 0 Å². The second-order valence-corrected chi connectivity index (χ2v) is 28.1. The van der Waals surface area contributed by atoms with Crippen molar-refractivity contribution in [2.45, 2.75) is 176 Å². The Hall–Kier alpha value is -0.866. The first-order valence-corrected chi connectivity index (χ1v) is 23.8. The number of allylic oxidation sites excluding steroid dienone is 2. The molecule has 0 N–H and O–H groups in total. The Morgan fingerprint density at radius 3 is 2.09 bits per heavy atom. The Morgan fingerprint density at radius 1 is 0.932 bits per heavy atom. The van der Waals surface area contributed by atoms with Gasteiger partial charge in [0.25, 0.3) is 0 Å². The van der Waals surface area contributed by atoms with Gasteiger partial charge in [0, 0.05) is 17.6 Å². The predicted octanol–water partition coefficient (Wildman–Crippen LogP) is 12.3. The summed E-state index contributed by atoms with van der Waals surface area (Å²) in [4.78, 5) is 0. The van der Waals surface area contributed by atoms with Gasteiger partial charge in [-0.05, 0) is 109 Å². The molecular formula is C40H70O2Si2. The van der Waals surface area contributed by atoms with E-state index in [0.717, 1.165) is 36.2 Å². The van der Waals surface area contributed by atoms with Crippen LogP contribution in [0.5, 0.6) is 0 Å². The first-order valence-electron chi connectivity index (χ1n) is 18.0. The average Bonchev–Trinajstić information content (AvgIpc) is 3.23. The molecule has 0 saturated heterocycles. The van der Waals surface area contributed by atoms with Crippen LogP contribution < -0.4 is 0 Å². The normalized spacial score (nSPS) is 29.4. The Balaban J connectivity index is 1.93. The summed E-state index contributed by atoms with van der Waals surface area (Å²) >= 11 is 0. The Labute approximate surface area is 276 Å². The second-order valence-electron chi connectivity index (χ2n) is 18.6. The van der Waals surface area contributed by atoms with Crippen LogP contribution in [0.3, 0.4) is 0 Å². The van der Waals surface area contributed by atoms with Gasteiger partial charge in [-0.1, -0.05) is 113 Å². The molecule has 250 valence electrons. The highest BCUT2D eigenvalue weighted by atomic mass is 28.4. The smallest absolute Gasteiger partial charge is 0.193 e. The van der Waals surface area contributed by atoms with Gasteiger partial charge < -0.3 is 8.85 Å². The minimum Gasteiger partial charge on any atom is -0.410 e. The van der Waals surface area contributed by atoms with Gasteiger partial charge in [-0.2, -0.15) is 0 Å². The van der Waals surface area contributed by atoms with Crippen molar-refractivity contribution < 1.29 is 8.85 Å². The largest absolute Gasteiger partial charge is 0.410 e. The lowest BCUT2D eigenvalue weighted by Gasteiger charge is -2.46. The van der Waals surface area contributed by atoms with Gasteiger partial charge in [-0.25, -0.2) is 0 Å². The molecule has 0 bridgehead atoms. The molecule has 3 aliphatic rings. The van der Waals surface area contributed by atoms with E-state index in [1.54, 1.807) is 0 Å². The second kappa shape index (κ2) is 13.7. The molecule has 0 aromatic heterocycles. The van der Waals surface area contributed by atoms with Crippen LogP contribution in [0, 0.1) is 40.9 Å². The number of hydrogen-bond acceptors (Lipinski definition) is 2. The van der Waals surface area contributed by atoms with Gasteiger partial charge in [0.1, 0.15) is 0 Å². The van der Waals surface area contributed by atoms with Crippen molar-refractivity contribution in [3.63, 3.8) is 0 Å². The van der Waals surface area contributed by atoms with Crippen molar-refractivity contribution in [1.29, 1.82) is 0 Å². The van der Waals surface area contributed by atoms with Crippen LogP contribution in [0.25, 0.3) is 0 Å². The molecular weight excluding hydrogens is 569 g/mol. The Kier molecular flexibility index (Phi) is 11.7. The molecule has 6 atom stereocenters. The molecule has 0 amide bonds. The molecule has 0 aliphatic heterocycles. The van der Waals surface area contributed by atoms with Gasteiger partial charge in [0.15, 0.2) is 16.6 Å². The zero-order chi connectivity index (χ0) is 33.5. The molecule has 44 heavy (non-hydrogen) atoms. The third-order valence-corrected chi connectivity index (χ3v) is 21.7. The van der Waals surface area contributed by atoms with E-state index in [9.17, 15) is 0 Å². The van der Waals surface area contributed by atoms with Crippen LogP contribution in [-0.2, 0) is 8.85 Å². The summed E-state index contributed by atoms with van der Waals surface area (Å²) in [7, 11) is -4.06. The molecule has 1 saturated carbocycles. The summed E-state index contributed by atoms with van der Waals surface area (Å²) in [5.74, 6) is 10.6. The fraction of sp³-hybridized carbons (Fsp3) is 0.800. The maximum absolute atomic E-state index is 7.13. The molecule has 0 radical (unpaired) electrons. The summed E-state index contributed by atoms with van der Waals surface area (Å²) in [5, 5.41) is 0.252. The average molecular weight is 639 g/mol. The minimum absolute atomic E-state index is 0.0492. The summed E-state index contributed by atoms with van der Waals surface area (Å²) in [6.45, 7) is 40.1. The Morgan fingerprint density at radius 2 is 1.52 bits per heavy atom. The van der Waals surface area contributed by atoms with E-state index in [2.05, 4.69) is 127 Å². The number of hydrogen-bond donors (Lipinski definition) is 0. The zero-order valence-corrected chi connectivity index (χ0v) is 33.7. The molecule has 2 nitrogen and oxygen atoms in total. The number of fused-ring (bicyclic) bond motifs is 1. The van der Waals surface area contributed by atoms with Gasteiger partial charge >= 0.3 is 0 Å². The molecule has 3 aliphatic carbocycles. The van der Waals surface area contributed by atoms with E-state index >= 15 is 0 Å². The van der Waals surface area contributed by atoms with E-state index in [1.165, 1.54) is 55.2 Å². The molecule has 0 heterocycles.